The highest BCUT2D eigenvalue weighted by atomic mass is 32.1. The molecule has 1 aliphatic rings. The Kier molecular flexibility index (Phi) is 6.50. The molecule has 1 fully saturated rings. The Labute approximate surface area is 141 Å². The second kappa shape index (κ2) is 8.38. The Morgan fingerprint density at radius 2 is 2.09 bits per heavy atom. The third kappa shape index (κ3) is 4.50. The lowest BCUT2D eigenvalue weighted by Gasteiger charge is -2.15. The number of amides is 2. The van der Waals surface area contributed by atoms with E-state index in [1.165, 1.54) is 11.3 Å². The van der Waals surface area contributed by atoms with Crippen LogP contribution in [0.15, 0.2) is 0 Å². The van der Waals surface area contributed by atoms with Crippen LogP contribution >= 0.6 is 11.3 Å². The van der Waals surface area contributed by atoms with Gasteiger partial charge in [0.2, 0.25) is 16.9 Å². The average molecular weight is 338 g/mol. The van der Waals surface area contributed by atoms with Crippen molar-refractivity contribution in [3.05, 3.63) is 5.01 Å². The van der Waals surface area contributed by atoms with E-state index in [0.717, 1.165) is 37.2 Å². The Hall–Kier alpha value is -1.50. The molecule has 0 spiro atoms. The molecule has 1 aliphatic heterocycles. The van der Waals surface area contributed by atoms with Gasteiger partial charge < -0.3 is 10.2 Å². The van der Waals surface area contributed by atoms with Gasteiger partial charge in [-0.25, -0.2) is 0 Å². The number of nitrogens with zero attached hydrogens (tertiary/aromatic N) is 3. The molecule has 0 radical (unpaired) electrons. The van der Waals surface area contributed by atoms with E-state index in [1.54, 1.807) is 4.90 Å². The van der Waals surface area contributed by atoms with E-state index in [-0.39, 0.29) is 17.7 Å². The Balaban J connectivity index is 1.91. The molecule has 128 valence electrons. The number of hydrogen-bond acceptors (Lipinski definition) is 5. The second-order valence-electron chi connectivity index (χ2n) is 6.04. The summed E-state index contributed by atoms with van der Waals surface area (Å²) in [7, 11) is 0. The van der Waals surface area contributed by atoms with Crippen LogP contribution in [0.2, 0.25) is 0 Å². The molecule has 0 aromatic carbocycles. The van der Waals surface area contributed by atoms with Gasteiger partial charge in [0.05, 0.1) is 5.92 Å². The molecule has 1 saturated heterocycles. The average Bonchev–Trinajstić information content (AvgIpc) is 3.14. The van der Waals surface area contributed by atoms with Crippen LogP contribution in [0.4, 0.5) is 5.13 Å². The maximum absolute atomic E-state index is 12.3. The highest BCUT2D eigenvalue weighted by Gasteiger charge is 2.34. The SMILES string of the molecule is CCCCN1C[C@@H](C(=O)Nc2nnc(C(CC)CC)s2)CC1=O. The zero-order valence-corrected chi connectivity index (χ0v) is 15.0. The van der Waals surface area contributed by atoms with E-state index in [0.29, 0.717) is 24.0 Å². The molecule has 23 heavy (non-hydrogen) atoms. The normalized spacial score (nSPS) is 18.0. The van der Waals surface area contributed by atoms with Crippen LogP contribution in [0.3, 0.4) is 0 Å². The Bertz CT molecular complexity index is 542. The minimum atomic E-state index is -0.278. The number of nitrogens with one attached hydrogen (secondary N) is 1. The minimum absolute atomic E-state index is 0.0774. The van der Waals surface area contributed by atoms with Crippen molar-refractivity contribution < 1.29 is 9.59 Å². The quantitative estimate of drug-likeness (QED) is 0.790. The monoisotopic (exact) mass is 338 g/mol. The molecular formula is C16H26N4O2S. The van der Waals surface area contributed by atoms with Crippen molar-refractivity contribution in [1.29, 1.82) is 0 Å². The fourth-order valence-corrected chi connectivity index (χ4v) is 3.82. The zero-order chi connectivity index (χ0) is 16.8. The summed E-state index contributed by atoms with van der Waals surface area (Å²) in [6, 6.07) is 0. The van der Waals surface area contributed by atoms with E-state index < -0.39 is 0 Å². The zero-order valence-electron chi connectivity index (χ0n) is 14.2. The summed E-state index contributed by atoms with van der Waals surface area (Å²) in [6.07, 6.45) is 4.36. The maximum Gasteiger partial charge on any atom is 0.231 e. The molecular weight excluding hydrogens is 312 g/mol. The molecule has 0 bridgehead atoms. The van der Waals surface area contributed by atoms with Crippen molar-refractivity contribution >= 4 is 28.3 Å². The van der Waals surface area contributed by atoms with Gasteiger partial charge in [-0.15, -0.1) is 10.2 Å². The van der Waals surface area contributed by atoms with E-state index in [1.807, 2.05) is 0 Å². The van der Waals surface area contributed by atoms with Crippen molar-refractivity contribution in [2.75, 3.05) is 18.4 Å². The van der Waals surface area contributed by atoms with Gasteiger partial charge in [-0.05, 0) is 19.3 Å². The largest absolute Gasteiger partial charge is 0.342 e. The third-order valence-corrected chi connectivity index (χ3v) is 5.37. The van der Waals surface area contributed by atoms with Crippen LogP contribution in [-0.2, 0) is 9.59 Å². The van der Waals surface area contributed by atoms with E-state index >= 15 is 0 Å². The van der Waals surface area contributed by atoms with Gasteiger partial charge in [0, 0.05) is 25.4 Å². The number of carbonyl (C=O) groups is 2. The summed E-state index contributed by atoms with van der Waals surface area (Å²) in [6.45, 7) is 7.61. The summed E-state index contributed by atoms with van der Waals surface area (Å²) in [5, 5.41) is 12.6. The van der Waals surface area contributed by atoms with E-state index in [4.69, 9.17) is 0 Å². The first-order valence-electron chi connectivity index (χ1n) is 8.50. The number of hydrogen-bond donors (Lipinski definition) is 1. The van der Waals surface area contributed by atoms with Crippen molar-refractivity contribution in [2.24, 2.45) is 5.92 Å². The minimum Gasteiger partial charge on any atom is -0.342 e. The summed E-state index contributed by atoms with van der Waals surface area (Å²) < 4.78 is 0. The molecule has 0 unspecified atom stereocenters. The molecule has 0 saturated carbocycles. The molecule has 2 heterocycles. The third-order valence-electron chi connectivity index (χ3n) is 4.37. The van der Waals surface area contributed by atoms with Gasteiger partial charge in [0.15, 0.2) is 0 Å². The van der Waals surface area contributed by atoms with Gasteiger partial charge in [-0.3, -0.25) is 9.59 Å². The molecule has 1 N–H and O–H groups in total. The van der Waals surface area contributed by atoms with Crippen molar-refractivity contribution in [2.45, 2.75) is 58.8 Å². The molecule has 7 heteroatoms. The maximum atomic E-state index is 12.3. The number of aromatic nitrogens is 2. The highest BCUT2D eigenvalue weighted by molar-refractivity contribution is 7.15. The van der Waals surface area contributed by atoms with Crippen LogP contribution in [0.1, 0.15) is 63.8 Å². The highest BCUT2D eigenvalue weighted by Crippen LogP contribution is 2.28. The first-order chi connectivity index (χ1) is 11.1. The molecule has 2 amide bonds. The molecule has 1 aromatic rings. The summed E-state index contributed by atoms with van der Waals surface area (Å²) in [5.74, 6) is 0.0776. The van der Waals surface area contributed by atoms with E-state index in [2.05, 4.69) is 36.3 Å². The van der Waals surface area contributed by atoms with Crippen LogP contribution in [0.5, 0.6) is 0 Å². The lowest BCUT2D eigenvalue weighted by Crippen LogP contribution is -2.29. The standard InChI is InChI=1S/C16H26N4O2S/c1-4-7-8-20-10-12(9-13(20)21)14(22)17-16-19-18-15(23-16)11(5-2)6-3/h11-12H,4-10H2,1-3H3,(H,17,19,22)/t12-/m0/s1. The number of rotatable bonds is 8. The number of unbranched alkanes of at least 4 members (excludes halogenated alkanes) is 1. The van der Waals surface area contributed by atoms with Crippen LogP contribution < -0.4 is 5.32 Å². The Morgan fingerprint density at radius 1 is 1.35 bits per heavy atom. The fourth-order valence-electron chi connectivity index (χ4n) is 2.81. The lowest BCUT2D eigenvalue weighted by molar-refractivity contribution is -0.128. The molecule has 2 rings (SSSR count). The first-order valence-corrected chi connectivity index (χ1v) is 9.32. The van der Waals surface area contributed by atoms with Gasteiger partial charge in [0.1, 0.15) is 5.01 Å². The summed E-state index contributed by atoms with van der Waals surface area (Å²) in [5.41, 5.74) is 0. The van der Waals surface area contributed by atoms with Crippen LogP contribution in [-0.4, -0.2) is 40.0 Å². The summed E-state index contributed by atoms with van der Waals surface area (Å²) >= 11 is 1.44. The summed E-state index contributed by atoms with van der Waals surface area (Å²) in [4.78, 5) is 26.1. The lowest BCUT2D eigenvalue weighted by atomic mass is 10.1. The van der Waals surface area contributed by atoms with Crippen molar-refractivity contribution in [1.82, 2.24) is 15.1 Å². The van der Waals surface area contributed by atoms with E-state index in [9.17, 15) is 9.59 Å². The second-order valence-corrected chi connectivity index (χ2v) is 7.05. The molecule has 0 aliphatic carbocycles. The van der Waals surface area contributed by atoms with Crippen LogP contribution in [0.25, 0.3) is 0 Å². The first kappa shape index (κ1) is 17.8. The van der Waals surface area contributed by atoms with Gasteiger partial charge >= 0.3 is 0 Å². The predicted octanol–water partition coefficient (Wildman–Crippen LogP) is 3.03. The molecule has 1 aromatic heterocycles. The van der Waals surface area contributed by atoms with Crippen molar-refractivity contribution in [3.8, 4) is 0 Å². The number of carbonyl (C=O) groups excluding carboxylic acids is 2. The van der Waals surface area contributed by atoms with Gasteiger partial charge in [-0.2, -0.15) is 0 Å². The molecule has 1 atom stereocenters. The van der Waals surface area contributed by atoms with Gasteiger partial charge in [0.25, 0.3) is 0 Å². The number of anilines is 1. The smallest absolute Gasteiger partial charge is 0.231 e. The van der Waals surface area contributed by atoms with Gasteiger partial charge in [-0.1, -0.05) is 38.5 Å². The van der Waals surface area contributed by atoms with Crippen LogP contribution in [0, 0.1) is 5.92 Å². The molecule has 6 nitrogen and oxygen atoms in total. The predicted molar refractivity (Wildman–Crippen MR) is 91.5 cm³/mol. The topological polar surface area (TPSA) is 75.2 Å². The number of likely N-dealkylation sites (tertiary alicyclic amines) is 1. The van der Waals surface area contributed by atoms with Crippen molar-refractivity contribution in [3.63, 3.8) is 0 Å². The fraction of sp³-hybridized carbons (Fsp3) is 0.750. The Morgan fingerprint density at radius 3 is 2.74 bits per heavy atom.